The summed E-state index contributed by atoms with van der Waals surface area (Å²) in [6, 6.07) is 7.18. The normalized spacial score (nSPS) is 9.72. The Balaban J connectivity index is 2.38. The molecule has 0 radical (unpaired) electrons. The van der Waals surface area contributed by atoms with Gasteiger partial charge in [-0.1, -0.05) is 11.8 Å². The molecular formula is C14H8F3N. The van der Waals surface area contributed by atoms with Crippen molar-refractivity contribution in [3.05, 3.63) is 65.0 Å². The molecule has 0 atom stereocenters. The maximum atomic E-state index is 13.1. The number of nitrogens with two attached hydrogens (primary N) is 1. The van der Waals surface area contributed by atoms with Crippen LogP contribution in [-0.2, 0) is 0 Å². The van der Waals surface area contributed by atoms with Gasteiger partial charge in [-0.3, -0.25) is 0 Å². The molecule has 2 aromatic rings. The van der Waals surface area contributed by atoms with Crippen molar-refractivity contribution < 1.29 is 13.2 Å². The quantitative estimate of drug-likeness (QED) is 0.562. The lowest BCUT2D eigenvalue weighted by atomic mass is 10.1. The Bertz CT molecular complexity index is 637. The van der Waals surface area contributed by atoms with E-state index >= 15 is 0 Å². The van der Waals surface area contributed by atoms with Crippen molar-refractivity contribution in [2.24, 2.45) is 0 Å². The van der Waals surface area contributed by atoms with Crippen molar-refractivity contribution in [2.45, 2.75) is 0 Å². The van der Waals surface area contributed by atoms with Crippen LogP contribution in [0.2, 0.25) is 0 Å². The third kappa shape index (κ3) is 2.64. The fraction of sp³-hybridized carbons (Fsp3) is 0. The Morgan fingerprint density at radius 3 is 2.17 bits per heavy atom. The molecule has 0 aliphatic heterocycles. The minimum absolute atomic E-state index is 0.0665. The Labute approximate surface area is 102 Å². The van der Waals surface area contributed by atoms with Crippen LogP contribution in [-0.4, -0.2) is 0 Å². The largest absolute Gasteiger partial charge is 0.395 e. The first-order chi connectivity index (χ1) is 8.56. The summed E-state index contributed by atoms with van der Waals surface area (Å²) in [6.45, 7) is 0. The van der Waals surface area contributed by atoms with E-state index in [4.69, 9.17) is 5.73 Å². The van der Waals surface area contributed by atoms with E-state index < -0.39 is 11.6 Å². The van der Waals surface area contributed by atoms with Gasteiger partial charge in [-0.15, -0.1) is 0 Å². The highest BCUT2D eigenvalue weighted by molar-refractivity contribution is 5.58. The predicted octanol–water partition coefficient (Wildman–Crippen LogP) is 3.09. The maximum Gasteiger partial charge on any atom is 0.150 e. The SMILES string of the molecule is Nc1c(F)cc(F)cc1C#Cc1ccc(F)cc1. The van der Waals surface area contributed by atoms with Gasteiger partial charge in [0.25, 0.3) is 0 Å². The summed E-state index contributed by atoms with van der Waals surface area (Å²) < 4.78 is 38.8. The van der Waals surface area contributed by atoms with Crippen LogP contribution >= 0.6 is 0 Å². The van der Waals surface area contributed by atoms with E-state index in [0.717, 1.165) is 6.07 Å². The molecule has 0 bridgehead atoms. The van der Waals surface area contributed by atoms with Gasteiger partial charge in [0.2, 0.25) is 0 Å². The smallest absolute Gasteiger partial charge is 0.150 e. The molecule has 0 amide bonds. The number of nitrogen functional groups attached to an aromatic ring is 1. The number of anilines is 1. The molecule has 0 heterocycles. The highest BCUT2D eigenvalue weighted by atomic mass is 19.1. The molecule has 0 aliphatic carbocycles. The average molecular weight is 247 g/mol. The summed E-state index contributed by atoms with van der Waals surface area (Å²) in [6.07, 6.45) is 0. The summed E-state index contributed by atoms with van der Waals surface area (Å²) in [5, 5.41) is 0. The zero-order chi connectivity index (χ0) is 13.1. The summed E-state index contributed by atoms with van der Waals surface area (Å²) >= 11 is 0. The van der Waals surface area contributed by atoms with Crippen LogP contribution in [0.15, 0.2) is 36.4 Å². The second-order valence-corrected chi connectivity index (χ2v) is 3.61. The van der Waals surface area contributed by atoms with Crippen LogP contribution in [0.1, 0.15) is 11.1 Å². The Morgan fingerprint density at radius 1 is 0.833 bits per heavy atom. The van der Waals surface area contributed by atoms with Crippen LogP contribution in [0.5, 0.6) is 0 Å². The maximum absolute atomic E-state index is 13.1. The Kier molecular flexibility index (Phi) is 3.24. The van der Waals surface area contributed by atoms with Gasteiger partial charge < -0.3 is 5.73 Å². The minimum atomic E-state index is -0.849. The molecule has 0 saturated heterocycles. The molecule has 18 heavy (non-hydrogen) atoms. The lowest BCUT2D eigenvalue weighted by Gasteiger charge is -1.99. The lowest BCUT2D eigenvalue weighted by molar-refractivity contribution is 0.585. The molecule has 0 saturated carbocycles. The van der Waals surface area contributed by atoms with E-state index in [1.807, 2.05) is 0 Å². The summed E-state index contributed by atoms with van der Waals surface area (Å²) in [4.78, 5) is 0. The molecule has 2 aromatic carbocycles. The topological polar surface area (TPSA) is 26.0 Å². The summed E-state index contributed by atoms with van der Waals surface area (Å²) in [7, 11) is 0. The zero-order valence-corrected chi connectivity index (χ0v) is 9.18. The molecule has 0 fully saturated rings. The molecule has 2 N–H and O–H groups in total. The second kappa shape index (κ2) is 4.84. The van der Waals surface area contributed by atoms with E-state index in [1.165, 1.54) is 24.3 Å². The molecule has 4 heteroatoms. The first-order valence-electron chi connectivity index (χ1n) is 5.08. The second-order valence-electron chi connectivity index (χ2n) is 3.61. The summed E-state index contributed by atoms with van der Waals surface area (Å²) in [5.41, 5.74) is 5.83. The van der Waals surface area contributed by atoms with Crippen LogP contribution in [0, 0.1) is 29.3 Å². The first-order valence-corrected chi connectivity index (χ1v) is 5.08. The van der Waals surface area contributed by atoms with Gasteiger partial charge in [0.15, 0.2) is 0 Å². The molecule has 1 nitrogen and oxygen atoms in total. The molecule has 0 spiro atoms. The van der Waals surface area contributed by atoms with Crippen molar-refractivity contribution in [3.8, 4) is 11.8 Å². The van der Waals surface area contributed by atoms with E-state index in [9.17, 15) is 13.2 Å². The summed E-state index contributed by atoms with van der Waals surface area (Å²) in [5.74, 6) is 3.23. The van der Waals surface area contributed by atoms with Crippen molar-refractivity contribution >= 4 is 5.69 Å². The molecule has 2 rings (SSSR count). The molecule has 0 unspecified atom stereocenters. The van der Waals surface area contributed by atoms with Crippen molar-refractivity contribution in [3.63, 3.8) is 0 Å². The zero-order valence-electron chi connectivity index (χ0n) is 9.18. The van der Waals surface area contributed by atoms with Crippen LogP contribution in [0.4, 0.5) is 18.9 Å². The van der Waals surface area contributed by atoms with Gasteiger partial charge in [-0.05, 0) is 30.3 Å². The standard InChI is InChI=1S/C14H8F3N/c15-11-5-2-9(3-6-11)1-4-10-7-12(16)8-13(17)14(10)18/h2-3,5-8H,18H2. The van der Waals surface area contributed by atoms with Gasteiger partial charge in [-0.25, -0.2) is 13.2 Å². The molecule has 0 aromatic heterocycles. The Morgan fingerprint density at radius 2 is 1.50 bits per heavy atom. The fourth-order valence-corrected chi connectivity index (χ4v) is 1.36. The van der Waals surface area contributed by atoms with E-state index in [-0.39, 0.29) is 17.1 Å². The third-order valence-electron chi connectivity index (χ3n) is 2.28. The van der Waals surface area contributed by atoms with Crippen molar-refractivity contribution in [2.75, 3.05) is 5.73 Å². The first kappa shape index (κ1) is 12.1. The number of rotatable bonds is 0. The van der Waals surface area contributed by atoms with Gasteiger partial charge in [-0.2, -0.15) is 0 Å². The van der Waals surface area contributed by atoms with E-state index in [0.29, 0.717) is 11.6 Å². The van der Waals surface area contributed by atoms with Crippen LogP contribution < -0.4 is 5.73 Å². The monoisotopic (exact) mass is 247 g/mol. The van der Waals surface area contributed by atoms with Crippen molar-refractivity contribution in [1.29, 1.82) is 0 Å². The van der Waals surface area contributed by atoms with Gasteiger partial charge >= 0.3 is 0 Å². The van der Waals surface area contributed by atoms with Gasteiger partial charge in [0.1, 0.15) is 17.5 Å². The number of benzene rings is 2. The predicted molar refractivity (Wildman–Crippen MR) is 63.2 cm³/mol. The highest BCUT2D eigenvalue weighted by Gasteiger charge is 2.05. The number of hydrogen-bond donors (Lipinski definition) is 1. The number of hydrogen-bond acceptors (Lipinski definition) is 1. The third-order valence-corrected chi connectivity index (χ3v) is 2.28. The minimum Gasteiger partial charge on any atom is -0.395 e. The van der Waals surface area contributed by atoms with Gasteiger partial charge in [0.05, 0.1) is 11.3 Å². The molecule has 90 valence electrons. The fourth-order valence-electron chi connectivity index (χ4n) is 1.36. The van der Waals surface area contributed by atoms with Crippen LogP contribution in [0.3, 0.4) is 0 Å². The van der Waals surface area contributed by atoms with Crippen LogP contribution in [0.25, 0.3) is 0 Å². The average Bonchev–Trinajstić information content (AvgIpc) is 2.34. The molecular weight excluding hydrogens is 239 g/mol. The van der Waals surface area contributed by atoms with Crippen molar-refractivity contribution in [1.82, 2.24) is 0 Å². The van der Waals surface area contributed by atoms with E-state index in [1.54, 1.807) is 0 Å². The molecule has 0 aliphatic rings. The van der Waals surface area contributed by atoms with Gasteiger partial charge in [0, 0.05) is 11.6 Å². The Hall–Kier alpha value is -2.41. The highest BCUT2D eigenvalue weighted by Crippen LogP contribution is 2.17. The van der Waals surface area contributed by atoms with E-state index in [2.05, 4.69) is 11.8 Å². The lowest BCUT2D eigenvalue weighted by Crippen LogP contribution is -1.96. The number of halogens is 3.